The summed E-state index contributed by atoms with van der Waals surface area (Å²) in [6.07, 6.45) is 3.42. The Kier molecular flexibility index (Phi) is 4.80. The van der Waals surface area contributed by atoms with E-state index in [1.54, 1.807) is 36.7 Å². The monoisotopic (exact) mass is 335 g/mol. The van der Waals surface area contributed by atoms with Crippen LogP contribution in [0.15, 0.2) is 73.1 Å². The molecule has 124 valence electrons. The van der Waals surface area contributed by atoms with Crippen molar-refractivity contribution in [2.45, 2.75) is 0 Å². The van der Waals surface area contributed by atoms with Gasteiger partial charge >= 0.3 is 0 Å². The molecule has 3 rings (SSSR count). The van der Waals surface area contributed by atoms with E-state index >= 15 is 0 Å². The standard InChI is InChI=1S/C19H14FN3O2/c20-17-5-1-3-15(11-17)19(25)23-22-18(24)14-8-6-13(7-9-14)16-4-2-10-21-12-16/h1-12H,(H,22,24)(H,23,25). The molecule has 0 aliphatic rings. The third-order valence-corrected chi connectivity index (χ3v) is 3.52. The number of nitrogens with zero attached hydrogens (tertiary/aromatic N) is 1. The second kappa shape index (κ2) is 7.35. The topological polar surface area (TPSA) is 71.1 Å². The van der Waals surface area contributed by atoms with Crippen LogP contribution in [0.2, 0.25) is 0 Å². The zero-order chi connectivity index (χ0) is 17.6. The number of rotatable bonds is 3. The molecule has 25 heavy (non-hydrogen) atoms. The number of hydrogen-bond acceptors (Lipinski definition) is 3. The van der Waals surface area contributed by atoms with Crippen LogP contribution in [0.1, 0.15) is 20.7 Å². The number of carbonyl (C=O) groups is 2. The number of hydrogen-bond donors (Lipinski definition) is 2. The Morgan fingerprint density at radius 3 is 2.16 bits per heavy atom. The fourth-order valence-electron chi connectivity index (χ4n) is 2.24. The van der Waals surface area contributed by atoms with Crippen molar-refractivity contribution in [1.82, 2.24) is 15.8 Å². The van der Waals surface area contributed by atoms with Gasteiger partial charge in [-0.25, -0.2) is 4.39 Å². The van der Waals surface area contributed by atoms with Gasteiger partial charge in [0.25, 0.3) is 11.8 Å². The van der Waals surface area contributed by atoms with Gasteiger partial charge in [-0.2, -0.15) is 0 Å². The third-order valence-electron chi connectivity index (χ3n) is 3.52. The van der Waals surface area contributed by atoms with E-state index in [1.165, 1.54) is 18.2 Å². The number of nitrogens with one attached hydrogen (secondary N) is 2. The summed E-state index contributed by atoms with van der Waals surface area (Å²) in [7, 11) is 0. The van der Waals surface area contributed by atoms with E-state index in [9.17, 15) is 14.0 Å². The van der Waals surface area contributed by atoms with E-state index in [0.29, 0.717) is 5.56 Å². The first-order chi connectivity index (χ1) is 12.1. The fraction of sp³-hybridized carbons (Fsp3) is 0. The van der Waals surface area contributed by atoms with Crippen molar-refractivity contribution in [3.8, 4) is 11.1 Å². The molecule has 6 heteroatoms. The molecule has 0 aliphatic heterocycles. The third kappa shape index (κ3) is 4.06. The van der Waals surface area contributed by atoms with Gasteiger partial charge in [-0.3, -0.25) is 25.4 Å². The number of carbonyl (C=O) groups excluding carboxylic acids is 2. The lowest BCUT2D eigenvalue weighted by molar-refractivity contribution is 0.0846. The van der Waals surface area contributed by atoms with Crippen molar-refractivity contribution in [2.24, 2.45) is 0 Å². The first-order valence-corrected chi connectivity index (χ1v) is 7.50. The van der Waals surface area contributed by atoms with Crippen LogP contribution < -0.4 is 10.9 Å². The number of halogens is 1. The summed E-state index contributed by atoms with van der Waals surface area (Å²) >= 11 is 0. The lowest BCUT2D eigenvalue weighted by atomic mass is 10.1. The van der Waals surface area contributed by atoms with E-state index in [4.69, 9.17) is 0 Å². The number of hydrazine groups is 1. The van der Waals surface area contributed by atoms with Crippen LogP contribution in [0, 0.1) is 5.82 Å². The highest BCUT2D eigenvalue weighted by Crippen LogP contribution is 2.18. The summed E-state index contributed by atoms with van der Waals surface area (Å²) < 4.78 is 13.1. The van der Waals surface area contributed by atoms with E-state index in [1.807, 2.05) is 12.1 Å². The zero-order valence-electron chi connectivity index (χ0n) is 13.1. The summed E-state index contributed by atoms with van der Waals surface area (Å²) in [6.45, 7) is 0. The summed E-state index contributed by atoms with van der Waals surface area (Å²) in [5.74, 6) is -1.59. The molecule has 0 aliphatic carbocycles. The molecule has 0 fully saturated rings. The van der Waals surface area contributed by atoms with Crippen LogP contribution in [0.3, 0.4) is 0 Å². The van der Waals surface area contributed by atoms with Gasteiger partial charge in [0.1, 0.15) is 5.82 Å². The molecule has 0 atom stereocenters. The predicted molar refractivity (Wildman–Crippen MR) is 91.0 cm³/mol. The first kappa shape index (κ1) is 16.3. The minimum Gasteiger partial charge on any atom is -0.267 e. The Morgan fingerprint density at radius 1 is 0.800 bits per heavy atom. The zero-order valence-corrected chi connectivity index (χ0v) is 13.1. The van der Waals surface area contributed by atoms with Crippen molar-refractivity contribution in [1.29, 1.82) is 0 Å². The highest BCUT2D eigenvalue weighted by molar-refractivity contribution is 5.99. The Hall–Kier alpha value is -3.54. The number of amides is 2. The SMILES string of the molecule is O=C(NNC(=O)c1cccc(F)c1)c1ccc(-c2cccnc2)cc1. The molecule has 0 unspecified atom stereocenters. The average molecular weight is 335 g/mol. The molecule has 0 spiro atoms. The number of pyridine rings is 1. The normalized spacial score (nSPS) is 10.1. The summed E-state index contributed by atoms with van der Waals surface area (Å²) in [4.78, 5) is 28.0. The van der Waals surface area contributed by atoms with Crippen molar-refractivity contribution >= 4 is 11.8 Å². The maximum Gasteiger partial charge on any atom is 0.269 e. The van der Waals surface area contributed by atoms with Gasteiger partial charge in [-0.1, -0.05) is 24.3 Å². The molecule has 3 aromatic rings. The Balaban J connectivity index is 1.63. The maximum atomic E-state index is 13.1. The van der Waals surface area contributed by atoms with Gasteiger partial charge in [-0.15, -0.1) is 0 Å². The molecule has 1 aromatic heterocycles. The van der Waals surface area contributed by atoms with Crippen LogP contribution >= 0.6 is 0 Å². The molecule has 0 radical (unpaired) electrons. The van der Waals surface area contributed by atoms with E-state index in [-0.39, 0.29) is 5.56 Å². The fourth-order valence-corrected chi connectivity index (χ4v) is 2.24. The largest absolute Gasteiger partial charge is 0.269 e. The molecule has 0 saturated heterocycles. The Bertz CT molecular complexity index is 896. The van der Waals surface area contributed by atoms with Gasteiger partial charge < -0.3 is 0 Å². The van der Waals surface area contributed by atoms with Crippen LogP contribution in [0.4, 0.5) is 4.39 Å². The van der Waals surface area contributed by atoms with Crippen LogP contribution in [-0.2, 0) is 0 Å². The second-order valence-corrected chi connectivity index (χ2v) is 5.24. The van der Waals surface area contributed by atoms with Crippen molar-refractivity contribution in [2.75, 3.05) is 0 Å². The highest BCUT2D eigenvalue weighted by atomic mass is 19.1. The van der Waals surface area contributed by atoms with Gasteiger partial charge in [-0.05, 0) is 47.5 Å². The Labute approximate surface area is 143 Å². The number of aromatic nitrogens is 1. The maximum absolute atomic E-state index is 13.1. The van der Waals surface area contributed by atoms with E-state index < -0.39 is 17.6 Å². The lowest BCUT2D eigenvalue weighted by Crippen LogP contribution is -2.41. The quantitative estimate of drug-likeness (QED) is 0.723. The summed E-state index contributed by atoms with van der Waals surface area (Å²) in [5, 5.41) is 0. The second-order valence-electron chi connectivity index (χ2n) is 5.24. The molecule has 1 heterocycles. The molecular formula is C19H14FN3O2. The van der Waals surface area contributed by atoms with Crippen LogP contribution in [0.5, 0.6) is 0 Å². The van der Waals surface area contributed by atoms with Crippen LogP contribution in [-0.4, -0.2) is 16.8 Å². The molecule has 2 aromatic carbocycles. The molecule has 2 N–H and O–H groups in total. The molecule has 0 saturated carbocycles. The molecule has 2 amide bonds. The van der Waals surface area contributed by atoms with Crippen molar-refractivity contribution in [3.05, 3.63) is 90.0 Å². The predicted octanol–water partition coefficient (Wildman–Crippen LogP) is 2.96. The highest BCUT2D eigenvalue weighted by Gasteiger charge is 2.10. The number of benzene rings is 2. The smallest absolute Gasteiger partial charge is 0.267 e. The minimum absolute atomic E-state index is 0.118. The van der Waals surface area contributed by atoms with Crippen LogP contribution in [0.25, 0.3) is 11.1 Å². The van der Waals surface area contributed by atoms with Gasteiger partial charge in [0.2, 0.25) is 0 Å². The van der Waals surface area contributed by atoms with Gasteiger partial charge in [0.15, 0.2) is 0 Å². The van der Waals surface area contributed by atoms with E-state index in [0.717, 1.165) is 17.2 Å². The van der Waals surface area contributed by atoms with Gasteiger partial charge in [0, 0.05) is 23.5 Å². The average Bonchev–Trinajstić information content (AvgIpc) is 2.66. The summed E-state index contributed by atoms with van der Waals surface area (Å²) in [5.41, 5.74) is 6.92. The van der Waals surface area contributed by atoms with Crippen molar-refractivity contribution in [3.63, 3.8) is 0 Å². The minimum atomic E-state index is -0.597. The molecule has 0 bridgehead atoms. The lowest BCUT2D eigenvalue weighted by Gasteiger charge is -2.08. The summed E-state index contributed by atoms with van der Waals surface area (Å²) in [6, 6.07) is 15.8. The molecule has 5 nitrogen and oxygen atoms in total. The van der Waals surface area contributed by atoms with Crippen molar-refractivity contribution < 1.29 is 14.0 Å². The Morgan fingerprint density at radius 2 is 1.52 bits per heavy atom. The van der Waals surface area contributed by atoms with E-state index in [2.05, 4.69) is 15.8 Å². The van der Waals surface area contributed by atoms with Gasteiger partial charge in [0.05, 0.1) is 0 Å². The first-order valence-electron chi connectivity index (χ1n) is 7.50. The molecular weight excluding hydrogens is 321 g/mol.